The van der Waals surface area contributed by atoms with E-state index in [0.717, 1.165) is 17.0 Å². The number of hydrogen-bond donors (Lipinski definition) is 0. The highest BCUT2D eigenvalue weighted by Crippen LogP contribution is 2.37. The predicted octanol–water partition coefficient (Wildman–Crippen LogP) is 1.24. The average Bonchev–Trinajstić information content (AvgIpc) is 3.03. The summed E-state index contributed by atoms with van der Waals surface area (Å²) in [5.41, 5.74) is -0.147. The van der Waals surface area contributed by atoms with Crippen LogP contribution in [0.15, 0.2) is 23.3 Å². The van der Waals surface area contributed by atoms with Crippen LogP contribution in [0.2, 0.25) is 10.0 Å². The van der Waals surface area contributed by atoms with Crippen molar-refractivity contribution in [2.24, 2.45) is 11.0 Å². The Morgan fingerprint density at radius 1 is 1.12 bits per heavy atom. The number of carbonyl (C=O) groups excluding carboxylic acids is 4. The summed E-state index contributed by atoms with van der Waals surface area (Å²) in [6.45, 7) is 1.18. The van der Waals surface area contributed by atoms with Gasteiger partial charge in [-0.3, -0.25) is 14.4 Å². The lowest BCUT2D eigenvalue weighted by Gasteiger charge is -2.19. The van der Waals surface area contributed by atoms with Gasteiger partial charge in [0, 0.05) is 17.0 Å². The van der Waals surface area contributed by atoms with E-state index in [1.165, 1.54) is 25.1 Å². The number of benzene rings is 1. The Labute approximate surface area is 151 Å². The number of ether oxygens (including phenoxy) is 1. The number of hydrazone groups is 1. The summed E-state index contributed by atoms with van der Waals surface area (Å²) in [4.78, 5) is 50.2. The molecule has 8 nitrogen and oxygen atoms in total. The third kappa shape index (κ3) is 2.67. The van der Waals surface area contributed by atoms with Gasteiger partial charge in [0.2, 0.25) is 11.8 Å². The Bertz CT molecular complexity index is 833. The Hall–Kier alpha value is -2.45. The first kappa shape index (κ1) is 17.4. The maximum Gasteiger partial charge on any atom is 0.355 e. The second-order valence-electron chi connectivity index (χ2n) is 5.40. The summed E-state index contributed by atoms with van der Waals surface area (Å²) >= 11 is 11.9. The Balaban J connectivity index is 2.09. The van der Waals surface area contributed by atoms with Gasteiger partial charge in [0.05, 0.1) is 12.8 Å². The van der Waals surface area contributed by atoms with Crippen LogP contribution in [-0.4, -0.2) is 47.6 Å². The maximum absolute atomic E-state index is 12.8. The van der Waals surface area contributed by atoms with Gasteiger partial charge in [-0.1, -0.05) is 23.2 Å². The van der Waals surface area contributed by atoms with Crippen LogP contribution in [0, 0.1) is 5.92 Å². The van der Waals surface area contributed by atoms with E-state index in [-0.39, 0.29) is 21.4 Å². The Morgan fingerprint density at radius 3 is 2.24 bits per heavy atom. The van der Waals surface area contributed by atoms with Gasteiger partial charge < -0.3 is 4.74 Å². The third-order valence-corrected chi connectivity index (χ3v) is 4.31. The minimum atomic E-state index is -1.24. The molecule has 1 saturated heterocycles. The molecule has 130 valence electrons. The summed E-state index contributed by atoms with van der Waals surface area (Å²) in [7, 11) is 1.12. The first-order chi connectivity index (χ1) is 11.8. The largest absolute Gasteiger partial charge is 0.464 e. The van der Waals surface area contributed by atoms with Crippen LogP contribution in [0.5, 0.6) is 0 Å². The zero-order valence-corrected chi connectivity index (χ0v) is 14.5. The molecule has 0 bridgehead atoms. The number of esters is 1. The molecule has 0 unspecified atom stereocenters. The Kier molecular flexibility index (Phi) is 4.26. The van der Waals surface area contributed by atoms with Crippen LogP contribution in [0.4, 0.5) is 5.69 Å². The van der Waals surface area contributed by atoms with Gasteiger partial charge in [0.25, 0.3) is 5.91 Å². The number of amides is 3. The predicted molar refractivity (Wildman–Crippen MR) is 88.2 cm³/mol. The standard InChI is InChI=1S/C15H11Cl2N3O5/c1-6(21)20-12-10(11(18-20)15(24)25-2)13(22)19(14(12)23)9-4-7(16)3-8(17)5-9/h3-5,10,12H,1-2H3/t10-,12-/m1/s1. The van der Waals surface area contributed by atoms with Gasteiger partial charge in [-0.2, -0.15) is 5.10 Å². The lowest BCUT2D eigenvalue weighted by Crippen LogP contribution is -2.41. The van der Waals surface area contributed by atoms with E-state index >= 15 is 0 Å². The molecule has 0 N–H and O–H groups in total. The number of hydrogen-bond acceptors (Lipinski definition) is 6. The Morgan fingerprint density at radius 2 is 1.72 bits per heavy atom. The second kappa shape index (κ2) is 6.12. The highest BCUT2D eigenvalue weighted by Gasteiger charge is 2.59. The van der Waals surface area contributed by atoms with Gasteiger partial charge in [-0.05, 0) is 18.2 Å². The summed E-state index contributed by atoms with van der Waals surface area (Å²) in [6.07, 6.45) is 0. The molecule has 2 heterocycles. The SMILES string of the molecule is COC(=O)C1=NN(C(C)=O)[C@H]2C(=O)N(c3cc(Cl)cc(Cl)c3)C(=O)[C@H]12. The van der Waals surface area contributed by atoms with Crippen molar-refractivity contribution in [1.82, 2.24) is 5.01 Å². The highest BCUT2D eigenvalue weighted by molar-refractivity contribution is 6.47. The van der Waals surface area contributed by atoms with E-state index in [0.29, 0.717) is 0 Å². The number of methoxy groups -OCH3 is 1. The summed E-state index contributed by atoms with van der Waals surface area (Å²) in [5.74, 6) is -4.11. The quantitative estimate of drug-likeness (QED) is 0.565. The molecular formula is C15H11Cl2N3O5. The average molecular weight is 384 g/mol. The molecule has 25 heavy (non-hydrogen) atoms. The third-order valence-electron chi connectivity index (χ3n) is 3.87. The van der Waals surface area contributed by atoms with Gasteiger partial charge in [-0.15, -0.1) is 0 Å². The highest BCUT2D eigenvalue weighted by atomic mass is 35.5. The van der Waals surface area contributed by atoms with Crippen molar-refractivity contribution in [1.29, 1.82) is 0 Å². The van der Waals surface area contributed by atoms with Crippen molar-refractivity contribution >= 4 is 58.3 Å². The number of anilines is 1. The topological polar surface area (TPSA) is 96.3 Å². The number of carbonyl (C=O) groups is 4. The normalized spacial score (nSPS) is 22.2. The zero-order valence-electron chi connectivity index (χ0n) is 13.0. The van der Waals surface area contributed by atoms with Crippen molar-refractivity contribution < 1.29 is 23.9 Å². The van der Waals surface area contributed by atoms with Gasteiger partial charge in [0.1, 0.15) is 5.92 Å². The van der Waals surface area contributed by atoms with Crippen molar-refractivity contribution in [3.8, 4) is 0 Å². The van der Waals surface area contributed by atoms with Gasteiger partial charge in [0.15, 0.2) is 11.8 Å². The molecule has 3 rings (SSSR count). The van der Waals surface area contributed by atoms with E-state index in [2.05, 4.69) is 9.84 Å². The molecule has 1 aromatic rings. The van der Waals surface area contributed by atoms with E-state index in [9.17, 15) is 19.2 Å². The molecule has 1 aromatic carbocycles. The summed E-state index contributed by atoms with van der Waals surface area (Å²) in [5, 5.41) is 5.09. The van der Waals surface area contributed by atoms with E-state index in [1.807, 2.05) is 0 Å². The van der Waals surface area contributed by atoms with Gasteiger partial charge in [-0.25, -0.2) is 14.7 Å². The van der Waals surface area contributed by atoms with Gasteiger partial charge >= 0.3 is 5.97 Å². The number of nitrogens with zero attached hydrogens (tertiary/aromatic N) is 3. The number of halogens is 2. The fourth-order valence-electron chi connectivity index (χ4n) is 2.87. The molecule has 2 aliphatic rings. The second-order valence-corrected chi connectivity index (χ2v) is 6.28. The molecule has 1 fully saturated rings. The molecule has 2 aliphatic heterocycles. The van der Waals surface area contributed by atoms with Crippen LogP contribution in [0.25, 0.3) is 0 Å². The first-order valence-corrected chi connectivity index (χ1v) is 7.82. The van der Waals surface area contributed by atoms with Crippen molar-refractivity contribution in [2.45, 2.75) is 13.0 Å². The molecule has 0 aliphatic carbocycles. The number of imide groups is 1. The summed E-state index contributed by atoms with van der Waals surface area (Å²) in [6, 6.07) is 2.98. The molecule has 10 heteroatoms. The minimum Gasteiger partial charge on any atom is -0.464 e. The van der Waals surface area contributed by atoms with Crippen molar-refractivity contribution in [3.63, 3.8) is 0 Å². The van der Waals surface area contributed by atoms with E-state index < -0.39 is 35.7 Å². The van der Waals surface area contributed by atoms with Crippen LogP contribution in [0.1, 0.15) is 6.92 Å². The molecule has 2 atom stereocenters. The van der Waals surface area contributed by atoms with E-state index in [1.54, 1.807) is 0 Å². The first-order valence-electron chi connectivity index (χ1n) is 7.06. The minimum absolute atomic E-state index is 0.148. The summed E-state index contributed by atoms with van der Waals surface area (Å²) < 4.78 is 4.60. The molecule has 0 aromatic heterocycles. The molecule has 3 amide bonds. The molecular weight excluding hydrogens is 373 g/mol. The van der Waals surface area contributed by atoms with Crippen molar-refractivity contribution in [3.05, 3.63) is 28.2 Å². The zero-order chi connectivity index (χ0) is 18.5. The lowest BCUT2D eigenvalue weighted by molar-refractivity contribution is -0.136. The van der Waals surface area contributed by atoms with E-state index in [4.69, 9.17) is 23.2 Å². The maximum atomic E-state index is 12.8. The van der Waals surface area contributed by atoms with Crippen LogP contribution < -0.4 is 4.90 Å². The number of fused-ring (bicyclic) bond motifs is 1. The fourth-order valence-corrected chi connectivity index (χ4v) is 3.39. The fraction of sp³-hybridized carbons (Fsp3) is 0.267. The molecule has 0 spiro atoms. The van der Waals surface area contributed by atoms with Crippen LogP contribution >= 0.6 is 23.2 Å². The van der Waals surface area contributed by atoms with Crippen molar-refractivity contribution in [2.75, 3.05) is 12.0 Å². The smallest absolute Gasteiger partial charge is 0.355 e. The van der Waals surface area contributed by atoms with Crippen LogP contribution in [-0.2, 0) is 23.9 Å². The van der Waals surface area contributed by atoms with Crippen LogP contribution in [0.3, 0.4) is 0 Å². The monoisotopic (exact) mass is 383 g/mol. The lowest BCUT2D eigenvalue weighted by atomic mass is 9.98. The number of rotatable bonds is 2. The molecule has 0 saturated carbocycles. The molecule has 0 radical (unpaired) electrons.